The van der Waals surface area contributed by atoms with E-state index in [0.29, 0.717) is 11.6 Å². The minimum atomic E-state index is -3.68. The summed E-state index contributed by atoms with van der Waals surface area (Å²) >= 11 is 0. The van der Waals surface area contributed by atoms with E-state index in [1.54, 1.807) is 26.2 Å². The van der Waals surface area contributed by atoms with Crippen LogP contribution in [0.2, 0.25) is 0 Å². The SMILES string of the molecule is COc1ccccc1CCC(C)NCCc1ccc(C)c(S(N)(=O)=O)c1. The van der Waals surface area contributed by atoms with Gasteiger partial charge >= 0.3 is 0 Å². The summed E-state index contributed by atoms with van der Waals surface area (Å²) in [5.74, 6) is 0.926. The fourth-order valence-electron chi connectivity index (χ4n) is 2.95. The lowest BCUT2D eigenvalue weighted by Crippen LogP contribution is -2.28. The van der Waals surface area contributed by atoms with Gasteiger partial charge in [-0.2, -0.15) is 0 Å². The molecule has 0 amide bonds. The number of hydrogen-bond donors (Lipinski definition) is 2. The number of methoxy groups -OCH3 is 1. The van der Waals surface area contributed by atoms with E-state index in [4.69, 9.17) is 9.88 Å². The molecule has 0 aliphatic heterocycles. The van der Waals surface area contributed by atoms with Crippen LogP contribution in [0.3, 0.4) is 0 Å². The molecule has 0 fully saturated rings. The summed E-state index contributed by atoms with van der Waals surface area (Å²) < 4.78 is 28.6. The second-order valence-electron chi connectivity index (χ2n) is 6.60. The van der Waals surface area contributed by atoms with Gasteiger partial charge in [-0.15, -0.1) is 0 Å². The van der Waals surface area contributed by atoms with E-state index in [9.17, 15) is 8.42 Å². The fraction of sp³-hybridized carbons (Fsp3) is 0.400. The van der Waals surface area contributed by atoms with Gasteiger partial charge in [0.15, 0.2) is 0 Å². The maximum atomic E-state index is 11.6. The van der Waals surface area contributed by atoms with Gasteiger partial charge in [0.2, 0.25) is 10.0 Å². The van der Waals surface area contributed by atoms with E-state index in [1.807, 2.05) is 24.3 Å². The Morgan fingerprint density at radius 1 is 1.15 bits per heavy atom. The van der Waals surface area contributed by atoms with Gasteiger partial charge in [0.25, 0.3) is 0 Å². The third-order valence-electron chi connectivity index (χ3n) is 4.50. The Bertz CT molecular complexity index is 835. The molecule has 0 aromatic heterocycles. The Hall–Kier alpha value is -1.89. The predicted molar refractivity (Wildman–Crippen MR) is 105 cm³/mol. The van der Waals surface area contributed by atoms with Crippen LogP contribution in [0, 0.1) is 6.92 Å². The monoisotopic (exact) mass is 376 g/mol. The molecule has 1 unspecified atom stereocenters. The summed E-state index contributed by atoms with van der Waals surface area (Å²) in [6.07, 6.45) is 2.69. The molecule has 2 rings (SSSR count). The van der Waals surface area contributed by atoms with Crippen LogP contribution in [0.15, 0.2) is 47.4 Å². The highest BCUT2D eigenvalue weighted by Gasteiger charge is 2.12. The number of nitrogens with two attached hydrogens (primary N) is 1. The van der Waals surface area contributed by atoms with Crippen LogP contribution in [-0.2, 0) is 22.9 Å². The Balaban J connectivity index is 1.84. The van der Waals surface area contributed by atoms with Crippen LogP contribution in [0.5, 0.6) is 5.75 Å². The van der Waals surface area contributed by atoms with Crippen LogP contribution < -0.4 is 15.2 Å². The first-order valence-corrected chi connectivity index (χ1v) is 10.3. The molecule has 0 saturated heterocycles. The van der Waals surface area contributed by atoms with Gasteiger partial charge in [-0.3, -0.25) is 0 Å². The van der Waals surface area contributed by atoms with E-state index in [-0.39, 0.29) is 4.90 Å². The second-order valence-corrected chi connectivity index (χ2v) is 8.13. The number of hydrogen-bond acceptors (Lipinski definition) is 4. The van der Waals surface area contributed by atoms with Crippen molar-refractivity contribution in [3.8, 4) is 5.75 Å². The molecule has 0 heterocycles. The second kappa shape index (κ2) is 9.16. The first-order chi connectivity index (χ1) is 12.3. The zero-order valence-electron chi connectivity index (χ0n) is 15.7. The van der Waals surface area contributed by atoms with Gasteiger partial charge in [-0.1, -0.05) is 30.3 Å². The molecule has 0 spiro atoms. The molecule has 1 atom stereocenters. The van der Waals surface area contributed by atoms with Crippen molar-refractivity contribution >= 4 is 10.0 Å². The van der Waals surface area contributed by atoms with E-state index >= 15 is 0 Å². The molecule has 3 N–H and O–H groups in total. The van der Waals surface area contributed by atoms with E-state index < -0.39 is 10.0 Å². The molecule has 0 saturated carbocycles. The molecule has 0 radical (unpaired) electrons. The smallest absolute Gasteiger partial charge is 0.238 e. The summed E-state index contributed by atoms with van der Waals surface area (Å²) in [7, 11) is -1.98. The van der Waals surface area contributed by atoms with Gasteiger partial charge < -0.3 is 10.1 Å². The lowest BCUT2D eigenvalue weighted by atomic mass is 10.0. The van der Waals surface area contributed by atoms with Crippen molar-refractivity contribution in [2.75, 3.05) is 13.7 Å². The average Bonchev–Trinajstić information content (AvgIpc) is 2.60. The number of aryl methyl sites for hydroxylation is 2. The molecule has 5 nitrogen and oxygen atoms in total. The number of sulfonamides is 1. The summed E-state index contributed by atoms with van der Waals surface area (Å²) in [4.78, 5) is 0.208. The van der Waals surface area contributed by atoms with Crippen LogP contribution in [0.1, 0.15) is 30.0 Å². The highest BCUT2D eigenvalue weighted by atomic mass is 32.2. The number of primary sulfonamides is 1. The number of benzene rings is 2. The highest BCUT2D eigenvalue weighted by molar-refractivity contribution is 7.89. The molecule has 2 aromatic rings. The van der Waals surface area contributed by atoms with E-state index in [1.165, 1.54) is 5.56 Å². The van der Waals surface area contributed by atoms with Crippen LogP contribution >= 0.6 is 0 Å². The number of para-hydroxylation sites is 1. The van der Waals surface area contributed by atoms with Gasteiger partial charge in [-0.05, 0) is 68.5 Å². The molecule has 0 aliphatic rings. The van der Waals surface area contributed by atoms with Crippen LogP contribution in [0.25, 0.3) is 0 Å². The number of ether oxygens (including phenoxy) is 1. The largest absolute Gasteiger partial charge is 0.496 e. The fourth-order valence-corrected chi connectivity index (χ4v) is 3.79. The summed E-state index contributed by atoms with van der Waals surface area (Å²) in [6.45, 7) is 4.68. The lowest BCUT2D eigenvalue weighted by molar-refractivity contribution is 0.407. The summed E-state index contributed by atoms with van der Waals surface area (Å²) in [5.41, 5.74) is 2.85. The number of rotatable bonds is 9. The quantitative estimate of drug-likeness (QED) is 0.705. The molecule has 142 valence electrons. The van der Waals surface area contributed by atoms with Crippen LogP contribution in [-0.4, -0.2) is 28.1 Å². The summed E-state index contributed by atoms with van der Waals surface area (Å²) in [6, 6.07) is 13.8. The maximum absolute atomic E-state index is 11.6. The van der Waals surface area contributed by atoms with Gasteiger partial charge in [0, 0.05) is 6.04 Å². The number of nitrogens with one attached hydrogen (secondary N) is 1. The van der Waals surface area contributed by atoms with Crippen molar-refractivity contribution < 1.29 is 13.2 Å². The summed E-state index contributed by atoms with van der Waals surface area (Å²) in [5, 5.41) is 8.76. The average molecular weight is 377 g/mol. The predicted octanol–water partition coefficient (Wildman–Crippen LogP) is 2.80. The Morgan fingerprint density at radius 3 is 2.58 bits per heavy atom. The van der Waals surface area contributed by atoms with E-state index in [0.717, 1.165) is 37.1 Å². The molecule has 6 heteroatoms. The molecule has 0 aliphatic carbocycles. The minimum absolute atomic E-state index is 0.208. The first-order valence-electron chi connectivity index (χ1n) is 8.79. The van der Waals surface area contributed by atoms with Crippen molar-refractivity contribution in [3.05, 3.63) is 59.2 Å². The van der Waals surface area contributed by atoms with E-state index in [2.05, 4.69) is 18.3 Å². The maximum Gasteiger partial charge on any atom is 0.238 e. The Labute approximate surface area is 156 Å². The van der Waals surface area contributed by atoms with Crippen LogP contribution in [0.4, 0.5) is 0 Å². The van der Waals surface area contributed by atoms with Crippen molar-refractivity contribution in [1.82, 2.24) is 5.32 Å². The zero-order chi connectivity index (χ0) is 19.2. The molecule has 0 bridgehead atoms. The normalized spacial score (nSPS) is 12.8. The molecular weight excluding hydrogens is 348 g/mol. The van der Waals surface area contributed by atoms with Gasteiger partial charge in [0.05, 0.1) is 12.0 Å². The Morgan fingerprint density at radius 2 is 1.88 bits per heavy atom. The van der Waals surface area contributed by atoms with Crippen molar-refractivity contribution in [3.63, 3.8) is 0 Å². The lowest BCUT2D eigenvalue weighted by Gasteiger charge is -2.15. The van der Waals surface area contributed by atoms with Crippen molar-refractivity contribution in [1.29, 1.82) is 0 Å². The standard InChI is InChI=1S/C20H28N2O3S/c1-15-8-10-17(14-20(15)26(21,23)24)12-13-22-16(2)9-11-18-6-4-5-7-19(18)25-3/h4-8,10,14,16,22H,9,11-13H2,1-3H3,(H2,21,23,24). The minimum Gasteiger partial charge on any atom is -0.496 e. The van der Waals surface area contributed by atoms with Crippen molar-refractivity contribution in [2.45, 2.75) is 44.0 Å². The first kappa shape index (κ1) is 20.4. The van der Waals surface area contributed by atoms with Gasteiger partial charge in [-0.25, -0.2) is 13.6 Å². The topological polar surface area (TPSA) is 81.4 Å². The molecular formula is C20H28N2O3S. The Kier molecular flexibility index (Phi) is 7.20. The zero-order valence-corrected chi connectivity index (χ0v) is 16.5. The molecule has 26 heavy (non-hydrogen) atoms. The third-order valence-corrected chi connectivity index (χ3v) is 5.56. The van der Waals surface area contributed by atoms with Gasteiger partial charge in [0.1, 0.15) is 5.75 Å². The van der Waals surface area contributed by atoms with Crippen molar-refractivity contribution in [2.24, 2.45) is 5.14 Å². The molecule has 2 aromatic carbocycles. The highest BCUT2D eigenvalue weighted by Crippen LogP contribution is 2.19. The third kappa shape index (κ3) is 5.83.